The standard InChI is InChI=1S/C12H16ClFN2O/c1-12(2,3)10(15)11(17)16-9-5-7(13)4-8(14)6-9/h4-6,10H,15H2,1-3H3,(H,16,17)/t10-/m1/s1. The lowest BCUT2D eigenvalue weighted by Gasteiger charge is -2.25. The van der Waals surface area contributed by atoms with E-state index in [-0.39, 0.29) is 16.3 Å². The average Bonchev–Trinajstić information content (AvgIpc) is 2.13. The number of halogens is 2. The molecule has 5 heteroatoms. The number of benzene rings is 1. The number of amides is 1. The van der Waals surface area contributed by atoms with Gasteiger partial charge in [-0.1, -0.05) is 32.4 Å². The number of anilines is 1. The molecule has 1 aromatic carbocycles. The molecular formula is C12H16ClFN2O. The van der Waals surface area contributed by atoms with Crippen LogP contribution in [0.25, 0.3) is 0 Å². The van der Waals surface area contributed by atoms with E-state index in [4.69, 9.17) is 17.3 Å². The second-order valence-electron chi connectivity index (χ2n) is 4.99. The van der Waals surface area contributed by atoms with Crippen molar-refractivity contribution in [2.45, 2.75) is 26.8 Å². The maximum atomic E-state index is 13.0. The van der Waals surface area contributed by atoms with Crippen LogP contribution in [-0.2, 0) is 4.79 Å². The zero-order valence-electron chi connectivity index (χ0n) is 10.1. The molecule has 0 spiro atoms. The topological polar surface area (TPSA) is 55.1 Å². The van der Waals surface area contributed by atoms with Gasteiger partial charge >= 0.3 is 0 Å². The summed E-state index contributed by atoms with van der Waals surface area (Å²) in [5, 5.41) is 2.77. The van der Waals surface area contributed by atoms with Gasteiger partial charge in [0.05, 0.1) is 6.04 Å². The molecular weight excluding hydrogens is 243 g/mol. The molecule has 0 saturated carbocycles. The molecule has 3 N–H and O–H groups in total. The van der Waals surface area contributed by atoms with Crippen LogP contribution < -0.4 is 11.1 Å². The van der Waals surface area contributed by atoms with Crippen LogP contribution in [0.5, 0.6) is 0 Å². The van der Waals surface area contributed by atoms with Crippen molar-refractivity contribution in [1.29, 1.82) is 0 Å². The van der Waals surface area contributed by atoms with Crippen LogP contribution in [0.3, 0.4) is 0 Å². The van der Waals surface area contributed by atoms with Crippen LogP contribution in [0.15, 0.2) is 18.2 Å². The molecule has 0 saturated heterocycles. The van der Waals surface area contributed by atoms with Crippen molar-refractivity contribution in [3.8, 4) is 0 Å². The predicted octanol–water partition coefficient (Wildman–Crippen LogP) is 2.79. The van der Waals surface area contributed by atoms with Gasteiger partial charge in [-0.25, -0.2) is 4.39 Å². The molecule has 0 aliphatic carbocycles. The monoisotopic (exact) mass is 258 g/mol. The van der Waals surface area contributed by atoms with Gasteiger partial charge < -0.3 is 11.1 Å². The summed E-state index contributed by atoms with van der Waals surface area (Å²) in [4.78, 5) is 11.8. The van der Waals surface area contributed by atoms with E-state index in [1.165, 1.54) is 18.2 Å². The fraction of sp³-hybridized carbons (Fsp3) is 0.417. The summed E-state index contributed by atoms with van der Waals surface area (Å²) < 4.78 is 13.0. The fourth-order valence-corrected chi connectivity index (χ4v) is 1.46. The molecule has 0 unspecified atom stereocenters. The van der Waals surface area contributed by atoms with Crippen LogP contribution in [0.4, 0.5) is 10.1 Å². The Kier molecular flexibility index (Phi) is 4.11. The molecule has 1 aromatic rings. The Morgan fingerprint density at radius 1 is 1.41 bits per heavy atom. The number of nitrogens with two attached hydrogens (primary N) is 1. The SMILES string of the molecule is CC(C)(C)[C@H](N)C(=O)Nc1cc(F)cc(Cl)c1. The van der Waals surface area contributed by atoms with E-state index in [2.05, 4.69) is 5.32 Å². The third kappa shape index (κ3) is 3.98. The number of rotatable bonds is 2. The minimum Gasteiger partial charge on any atom is -0.325 e. The molecule has 3 nitrogen and oxygen atoms in total. The number of hydrogen-bond donors (Lipinski definition) is 2. The zero-order chi connectivity index (χ0) is 13.2. The number of nitrogens with one attached hydrogen (secondary N) is 1. The van der Waals surface area contributed by atoms with Gasteiger partial charge in [-0.15, -0.1) is 0 Å². The molecule has 0 aliphatic rings. The summed E-state index contributed by atoms with van der Waals surface area (Å²) in [6.45, 7) is 5.57. The first-order valence-electron chi connectivity index (χ1n) is 5.22. The summed E-state index contributed by atoms with van der Waals surface area (Å²) in [6, 6.07) is 3.15. The minimum absolute atomic E-state index is 0.227. The molecule has 1 atom stereocenters. The predicted molar refractivity (Wildman–Crippen MR) is 67.5 cm³/mol. The van der Waals surface area contributed by atoms with Crippen LogP contribution in [0, 0.1) is 11.2 Å². The Hall–Kier alpha value is -1.13. The second-order valence-corrected chi connectivity index (χ2v) is 5.43. The van der Waals surface area contributed by atoms with Gasteiger partial charge in [0.25, 0.3) is 0 Å². The third-order valence-electron chi connectivity index (χ3n) is 2.35. The summed E-state index contributed by atoms with van der Waals surface area (Å²) >= 11 is 5.68. The molecule has 94 valence electrons. The van der Waals surface area contributed by atoms with Crippen molar-refractivity contribution in [3.05, 3.63) is 29.0 Å². The molecule has 1 rings (SSSR count). The highest BCUT2D eigenvalue weighted by atomic mass is 35.5. The number of carbonyl (C=O) groups is 1. The van der Waals surface area contributed by atoms with Crippen LogP contribution in [0.1, 0.15) is 20.8 Å². The Morgan fingerprint density at radius 2 is 2.00 bits per heavy atom. The first kappa shape index (κ1) is 13.9. The van der Waals surface area contributed by atoms with Crippen LogP contribution in [0.2, 0.25) is 5.02 Å². The molecule has 1 amide bonds. The first-order valence-corrected chi connectivity index (χ1v) is 5.60. The maximum absolute atomic E-state index is 13.0. The van der Waals surface area contributed by atoms with Crippen molar-refractivity contribution >= 4 is 23.2 Å². The molecule has 17 heavy (non-hydrogen) atoms. The van der Waals surface area contributed by atoms with Crippen molar-refractivity contribution in [2.24, 2.45) is 11.1 Å². The van der Waals surface area contributed by atoms with Crippen LogP contribution >= 0.6 is 11.6 Å². The summed E-state index contributed by atoms with van der Waals surface area (Å²) in [5.41, 5.74) is 5.72. The Labute approximate surface area is 105 Å². The highest BCUT2D eigenvalue weighted by molar-refractivity contribution is 6.30. The quantitative estimate of drug-likeness (QED) is 0.857. The van der Waals surface area contributed by atoms with E-state index in [1.807, 2.05) is 20.8 Å². The lowest BCUT2D eigenvalue weighted by atomic mass is 9.87. The van der Waals surface area contributed by atoms with E-state index >= 15 is 0 Å². The summed E-state index contributed by atoms with van der Waals surface area (Å²) in [6.07, 6.45) is 0. The van der Waals surface area contributed by atoms with Crippen molar-refractivity contribution in [1.82, 2.24) is 0 Å². The van der Waals surface area contributed by atoms with Gasteiger partial charge in [-0.3, -0.25) is 4.79 Å². The van der Waals surface area contributed by atoms with E-state index in [0.29, 0.717) is 5.69 Å². The lowest BCUT2D eigenvalue weighted by Crippen LogP contribution is -2.45. The second kappa shape index (κ2) is 5.02. The third-order valence-corrected chi connectivity index (χ3v) is 2.56. The van der Waals surface area contributed by atoms with Gasteiger partial charge in [0.1, 0.15) is 5.82 Å². The smallest absolute Gasteiger partial charge is 0.241 e. The largest absolute Gasteiger partial charge is 0.325 e. The number of carbonyl (C=O) groups excluding carboxylic acids is 1. The number of hydrogen-bond acceptors (Lipinski definition) is 2. The zero-order valence-corrected chi connectivity index (χ0v) is 10.8. The summed E-state index contributed by atoms with van der Waals surface area (Å²) in [5.74, 6) is -0.865. The Bertz CT molecular complexity index is 409. The van der Waals surface area contributed by atoms with Crippen LogP contribution in [-0.4, -0.2) is 11.9 Å². The normalized spacial score (nSPS) is 13.3. The molecule has 0 heterocycles. The summed E-state index contributed by atoms with van der Waals surface area (Å²) in [7, 11) is 0. The Balaban J connectivity index is 2.81. The average molecular weight is 259 g/mol. The van der Waals surface area contributed by atoms with Gasteiger partial charge in [0.15, 0.2) is 0 Å². The molecule has 0 fully saturated rings. The molecule has 0 aliphatic heterocycles. The van der Waals surface area contributed by atoms with Gasteiger partial charge in [-0.05, 0) is 23.6 Å². The van der Waals surface area contributed by atoms with Crippen molar-refractivity contribution in [2.75, 3.05) is 5.32 Å². The van der Waals surface area contributed by atoms with Crippen molar-refractivity contribution in [3.63, 3.8) is 0 Å². The molecule has 0 aromatic heterocycles. The van der Waals surface area contributed by atoms with E-state index in [1.54, 1.807) is 0 Å². The van der Waals surface area contributed by atoms with E-state index in [9.17, 15) is 9.18 Å². The van der Waals surface area contributed by atoms with Gasteiger partial charge in [-0.2, -0.15) is 0 Å². The van der Waals surface area contributed by atoms with Crippen molar-refractivity contribution < 1.29 is 9.18 Å². The maximum Gasteiger partial charge on any atom is 0.241 e. The molecule has 0 radical (unpaired) electrons. The van der Waals surface area contributed by atoms with E-state index < -0.39 is 11.9 Å². The fourth-order valence-electron chi connectivity index (χ4n) is 1.24. The lowest BCUT2D eigenvalue weighted by molar-refractivity contribution is -0.119. The van der Waals surface area contributed by atoms with E-state index in [0.717, 1.165) is 0 Å². The highest BCUT2D eigenvalue weighted by Crippen LogP contribution is 2.21. The van der Waals surface area contributed by atoms with Gasteiger partial charge in [0, 0.05) is 10.7 Å². The minimum atomic E-state index is -0.676. The highest BCUT2D eigenvalue weighted by Gasteiger charge is 2.27. The molecule has 0 bridgehead atoms. The van der Waals surface area contributed by atoms with Gasteiger partial charge in [0.2, 0.25) is 5.91 Å². The Morgan fingerprint density at radius 3 is 2.47 bits per heavy atom. The first-order chi connectivity index (χ1) is 7.70.